The summed E-state index contributed by atoms with van der Waals surface area (Å²) in [4.78, 5) is 26.9. The minimum atomic E-state index is -1.03. The number of thiazole rings is 1. The van der Waals surface area contributed by atoms with Gasteiger partial charge in [0.25, 0.3) is 0 Å². The molecular formula is C18H26N4O3S. The number of nitrogens with zero attached hydrogens (tertiary/aromatic N) is 3. The maximum absolute atomic E-state index is 12.1. The van der Waals surface area contributed by atoms with Gasteiger partial charge in [-0.25, -0.2) is 9.78 Å². The van der Waals surface area contributed by atoms with Crippen LogP contribution in [0, 0.1) is 19.8 Å². The third kappa shape index (κ3) is 5.39. The van der Waals surface area contributed by atoms with Crippen molar-refractivity contribution in [1.82, 2.24) is 20.1 Å². The smallest absolute Gasteiger partial charge is 0.355 e. The molecule has 2 aromatic rings. The summed E-state index contributed by atoms with van der Waals surface area (Å²) in [5.41, 5.74) is 3.32. The number of hydrogen-bond donors (Lipinski definition) is 2. The quantitative estimate of drug-likeness (QED) is 0.699. The number of carboxylic acids is 1. The second-order valence-corrected chi connectivity index (χ2v) is 7.70. The molecule has 142 valence electrons. The molecular weight excluding hydrogens is 352 g/mol. The molecule has 0 aromatic carbocycles. The third-order valence-electron chi connectivity index (χ3n) is 4.10. The molecule has 2 heterocycles. The van der Waals surface area contributed by atoms with Crippen molar-refractivity contribution >= 4 is 23.2 Å². The van der Waals surface area contributed by atoms with E-state index in [1.165, 1.54) is 16.7 Å². The highest BCUT2D eigenvalue weighted by Crippen LogP contribution is 2.16. The number of aryl methyl sites for hydroxylation is 1. The summed E-state index contributed by atoms with van der Waals surface area (Å²) in [7, 11) is 0. The minimum Gasteiger partial charge on any atom is -0.476 e. The predicted molar refractivity (Wildman–Crippen MR) is 101 cm³/mol. The van der Waals surface area contributed by atoms with Gasteiger partial charge in [0.2, 0.25) is 5.91 Å². The Morgan fingerprint density at radius 3 is 2.65 bits per heavy atom. The average molecular weight is 378 g/mol. The molecule has 0 radical (unpaired) electrons. The molecule has 0 bridgehead atoms. The number of aromatic nitrogens is 3. The number of rotatable bonds is 9. The number of aromatic carboxylic acids is 1. The molecule has 0 aliphatic rings. The summed E-state index contributed by atoms with van der Waals surface area (Å²) < 4.78 is 2.02. The first kappa shape index (κ1) is 20.1. The molecule has 0 saturated heterocycles. The van der Waals surface area contributed by atoms with E-state index >= 15 is 0 Å². The van der Waals surface area contributed by atoms with E-state index in [0.717, 1.165) is 23.5 Å². The number of nitrogens with one attached hydrogen (secondary N) is 1. The van der Waals surface area contributed by atoms with Crippen LogP contribution in [0.3, 0.4) is 0 Å². The van der Waals surface area contributed by atoms with Crippen LogP contribution in [-0.2, 0) is 24.2 Å². The summed E-state index contributed by atoms with van der Waals surface area (Å²) in [5.74, 6) is -0.521. The zero-order valence-electron chi connectivity index (χ0n) is 15.7. The average Bonchev–Trinajstić information content (AvgIpc) is 3.11. The predicted octanol–water partition coefficient (Wildman–Crippen LogP) is 2.60. The first-order chi connectivity index (χ1) is 12.3. The van der Waals surface area contributed by atoms with Crippen molar-refractivity contribution in [2.24, 2.45) is 5.92 Å². The van der Waals surface area contributed by atoms with Crippen molar-refractivity contribution < 1.29 is 14.7 Å². The number of carbonyl (C=O) groups is 2. The highest BCUT2D eigenvalue weighted by atomic mass is 32.1. The molecule has 1 amide bonds. The molecule has 0 aliphatic carbocycles. The van der Waals surface area contributed by atoms with Gasteiger partial charge in [0.15, 0.2) is 5.69 Å². The van der Waals surface area contributed by atoms with Gasteiger partial charge in [-0.15, -0.1) is 11.3 Å². The van der Waals surface area contributed by atoms with Crippen molar-refractivity contribution in [2.45, 2.75) is 53.5 Å². The fraction of sp³-hybridized carbons (Fsp3) is 0.556. The van der Waals surface area contributed by atoms with Gasteiger partial charge >= 0.3 is 5.97 Å². The zero-order valence-corrected chi connectivity index (χ0v) is 16.5. The summed E-state index contributed by atoms with van der Waals surface area (Å²) in [5, 5.41) is 18.5. The molecule has 0 atom stereocenters. The van der Waals surface area contributed by atoms with Crippen molar-refractivity contribution in [3.8, 4) is 0 Å². The molecule has 26 heavy (non-hydrogen) atoms. The van der Waals surface area contributed by atoms with E-state index < -0.39 is 5.97 Å². The number of hydrogen-bond acceptors (Lipinski definition) is 5. The minimum absolute atomic E-state index is 0.0181. The molecule has 8 heteroatoms. The van der Waals surface area contributed by atoms with Crippen LogP contribution >= 0.6 is 11.3 Å². The van der Waals surface area contributed by atoms with Crippen LogP contribution in [0.25, 0.3) is 0 Å². The molecule has 0 aliphatic heterocycles. The van der Waals surface area contributed by atoms with E-state index in [1.54, 1.807) is 0 Å². The molecule has 0 saturated carbocycles. The lowest BCUT2D eigenvalue weighted by Crippen LogP contribution is -2.26. The normalized spacial score (nSPS) is 11.1. The van der Waals surface area contributed by atoms with Crippen LogP contribution in [-0.4, -0.2) is 38.3 Å². The second-order valence-electron chi connectivity index (χ2n) is 6.76. The number of carbonyl (C=O) groups excluding carboxylic acids is 1. The lowest BCUT2D eigenvalue weighted by molar-refractivity contribution is -0.121. The fourth-order valence-corrected chi connectivity index (χ4v) is 3.55. The SMILES string of the molecule is Cc1nn(CC(C)C)c(C)c1CCC(=O)NCCc1nc(C(=O)O)cs1. The molecule has 0 unspecified atom stereocenters. The van der Waals surface area contributed by atoms with Gasteiger partial charge < -0.3 is 10.4 Å². The van der Waals surface area contributed by atoms with E-state index in [9.17, 15) is 9.59 Å². The van der Waals surface area contributed by atoms with Gasteiger partial charge in [0.1, 0.15) is 0 Å². The Kier molecular flexibility index (Phi) is 6.90. The van der Waals surface area contributed by atoms with Gasteiger partial charge in [0, 0.05) is 37.0 Å². The number of carboxylic acid groups (broad SMARTS) is 1. The first-order valence-corrected chi connectivity index (χ1v) is 9.63. The van der Waals surface area contributed by atoms with Crippen molar-refractivity contribution in [3.05, 3.63) is 33.0 Å². The summed E-state index contributed by atoms with van der Waals surface area (Å²) in [6.07, 6.45) is 1.61. The fourth-order valence-electron chi connectivity index (χ4n) is 2.78. The van der Waals surface area contributed by atoms with Crippen LogP contribution in [0.15, 0.2) is 5.38 Å². The van der Waals surface area contributed by atoms with Gasteiger partial charge in [-0.1, -0.05) is 13.8 Å². The van der Waals surface area contributed by atoms with E-state index in [2.05, 4.69) is 36.2 Å². The van der Waals surface area contributed by atoms with Gasteiger partial charge in [-0.3, -0.25) is 9.48 Å². The van der Waals surface area contributed by atoms with Crippen LogP contribution in [0.5, 0.6) is 0 Å². The lowest BCUT2D eigenvalue weighted by atomic mass is 10.1. The Labute approximate surface area is 157 Å². The summed E-state index contributed by atoms with van der Waals surface area (Å²) in [6.45, 7) is 9.69. The summed E-state index contributed by atoms with van der Waals surface area (Å²) >= 11 is 1.30. The number of amides is 1. The molecule has 2 aromatic heterocycles. The first-order valence-electron chi connectivity index (χ1n) is 8.75. The third-order valence-corrected chi connectivity index (χ3v) is 5.01. The van der Waals surface area contributed by atoms with E-state index in [0.29, 0.717) is 36.7 Å². The van der Waals surface area contributed by atoms with Crippen LogP contribution in [0.4, 0.5) is 0 Å². The Morgan fingerprint density at radius 2 is 2.04 bits per heavy atom. The largest absolute Gasteiger partial charge is 0.476 e. The maximum atomic E-state index is 12.1. The van der Waals surface area contributed by atoms with E-state index in [1.807, 2.05) is 11.6 Å². The van der Waals surface area contributed by atoms with E-state index in [-0.39, 0.29) is 11.6 Å². The standard InChI is InChI=1S/C18H26N4O3S/c1-11(2)9-22-13(4)14(12(3)21-22)5-6-16(23)19-8-7-17-20-15(10-26-17)18(24)25/h10-11H,5-9H2,1-4H3,(H,19,23)(H,24,25). The van der Waals surface area contributed by atoms with Crippen LogP contribution < -0.4 is 5.32 Å². The van der Waals surface area contributed by atoms with Crippen LogP contribution in [0.1, 0.15) is 52.7 Å². The Hall–Kier alpha value is -2.22. The van der Waals surface area contributed by atoms with E-state index in [4.69, 9.17) is 5.11 Å². The molecule has 7 nitrogen and oxygen atoms in total. The molecule has 0 spiro atoms. The highest BCUT2D eigenvalue weighted by molar-refractivity contribution is 7.09. The second kappa shape index (κ2) is 8.93. The Morgan fingerprint density at radius 1 is 1.31 bits per heavy atom. The van der Waals surface area contributed by atoms with Crippen molar-refractivity contribution in [2.75, 3.05) is 6.54 Å². The zero-order chi connectivity index (χ0) is 19.3. The highest BCUT2D eigenvalue weighted by Gasteiger charge is 2.14. The Balaban J connectivity index is 1.79. The van der Waals surface area contributed by atoms with Gasteiger partial charge in [-0.05, 0) is 31.7 Å². The topological polar surface area (TPSA) is 97.1 Å². The lowest BCUT2D eigenvalue weighted by Gasteiger charge is -2.08. The van der Waals surface area contributed by atoms with Gasteiger partial charge in [0.05, 0.1) is 10.7 Å². The summed E-state index contributed by atoms with van der Waals surface area (Å²) in [6, 6.07) is 0. The Bertz CT molecular complexity index is 779. The van der Waals surface area contributed by atoms with Gasteiger partial charge in [-0.2, -0.15) is 5.10 Å². The van der Waals surface area contributed by atoms with Crippen LogP contribution in [0.2, 0.25) is 0 Å². The monoisotopic (exact) mass is 378 g/mol. The van der Waals surface area contributed by atoms with Crippen molar-refractivity contribution in [3.63, 3.8) is 0 Å². The molecule has 2 N–H and O–H groups in total. The maximum Gasteiger partial charge on any atom is 0.355 e. The van der Waals surface area contributed by atoms with Crippen molar-refractivity contribution in [1.29, 1.82) is 0 Å². The molecule has 2 rings (SSSR count). The molecule has 0 fully saturated rings.